The molecule has 0 fully saturated rings. The number of benzene rings is 1. The maximum absolute atomic E-state index is 3.44. The zero-order valence-electron chi connectivity index (χ0n) is 11.5. The largest absolute Gasteiger partial charge is 0.316 e. The van der Waals surface area contributed by atoms with E-state index in [-0.39, 0.29) is 0 Å². The van der Waals surface area contributed by atoms with Gasteiger partial charge in [-0.1, -0.05) is 30.7 Å². The van der Waals surface area contributed by atoms with Crippen molar-refractivity contribution in [3.63, 3.8) is 0 Å². The molecule has 96 valence electrons. The molecule has 0 aliphatic heterocycles. The first-order valence-electron chi connectivity index (χ1n) is 6.48. The normalized spacial score (nSPS) is 12.7. The first-order chi connectivity index (χ1) is 8.17. The Hall–Kier alpha value is -0.470. The Morgan fingerprint density at radius 2 is 2.06 bits per heavy atom. The molecule has 0 amide bonds. The molecule has 0 saturated carbocycles. The lowest BCUT2D eigenvalue weighted by Crippen LogP contribution is -2.30. The van der Waals surface area contributed by atoms with Crippen molar-refractivity contribution in [1.82, 2.24) is 5.32 Å². The molecule has 0 bridgehead atoms. The van der Waals surface area contributed by atoms with E-state index in [1.54, 1.807) is 0 Å². The Labute approximate surface area is 110 Å². The van der Waals surface area contributed by atoms with Crippen molar-refractivity contribution in [2.75, 3.05) is 18.6 Å². The Balaban J connectivity index is 2.57. The van der Waals surface area contributed by atoms with Crippen molar-refractivity contribution >= 4 is 11.8 Å². The van der Waals surface area contributed by atoms with Gasteiger partial charge in [-0.05, 0) is 50.6 Å². The summed E-state index contributed by atoms with van der Waals surface area (Å²) in [5.74, 6) is 2.47. The molecule has 0 saturated heterocycles. The number of likely N-dealkylation sites (N-methyl/N-ethyl adjacent to an activating group) is 1. The van der Waals surface area contributed by atoms with E-state index in [1.165, 1.54) is 34.6 Å². The van der Waals surface area contributed by atoms with Gasteiger partial charge in [0.05, 0.1) is 0 Å². The number of thioether (sulfide) groups is 1. The third kappa shape index (κ3) is 5.13. The van der Waals surface area contributed by atoms with E-state index >= 15 is 0 Å². The second-order valence-electron chi connectivity index (χ2n) is 4.69. The number of hydrogen-bond acceptors (Lipinski definition) is 2. The summed E-state index contributed by atoms with van der Waals surface area (Å²) in [7, 11) is 2.07. The van der Waals surface area contributed by atoms with Gasteiger partial charge in [0.2, 0.25) is 0 Å². The van der Waals surface area contributed by atoms with Gasteiger partial charge < -0.3 is 5.32 Å². The van der Waals surface area contributed by atoms with E-state index in [9.17, 15) is 0 Å². The van der Waals surface area contributed by atoms with E-state index in [1.807, 2.05) is 0 Å². The van der Waals surface area contributed by atoms with Crippen molar-refractivity contribution in [3.8, 4) is 0 Å². The summed E-state index contributed by atoms with van der Waals surface area (Å²) in [6.07, 6.45) is 2.41. The van der Waals surface area contributed by atoms with Gasteiger partial charge in [0.15, 0.2) is 0 Å². The number of hydrogen-bond donors (Lipinski definition) is 1. The third-order valence-corrected chi connectivity index (χ3v) is 4.38. The molecule has 0 aliphatic carbocycles. The Morgan fingerprint density at radius 3 is 2.71 bits per heavy atom. The molecule has 1 aromatic carbocycles. The predicted molar refractivity (Wildman–Crippen MR) is 80.1 cm³/mol. The standard InChI is InChI=1S/C15H25NS/c1-5-8-17-11-15(16-4)10-14-9-12(2)6-7-13(14)3/h6-7,9,15-16H,5,8,10-11H2,1-4H3. The van der Waals surface area contributed by atoms with Crippen molar-refractivity contribution in [2.45, 2.75) is 39.7 Å². The van der Waals surface area contributed by atoms with E-state index in [0.29, 0.717) is 6.04 Å². The van der Waals surface area contributed by atoms with Crippen molar-refractivity contribution in [2.24, 2.45) is 0 Å². The summed E-state index contributed by atoms with van der Waals surface area (Å²) in [5, 5.41) is 3.44. The second-order valence-corrected chi connectivity index (χ2v) is 5.84. The molecule has 0 aromatic heterocycles. The Morgan fingerprint density at radius 1 is 1.29 bits per heavy atom. The van der Waals surface area contributed by atoms with Crippen molar-refractivity contribution < 1.29 is 0 Å². The van der Waals surface area contributed by atoms with Crippen LogP contribution in [-0.4, -0.2) is 24.6 Å². The fraction of sp³-hybridized carbons (Fsp3) is 0.600. The summed E-state index contributed by atoms with van der Waals surface area (Å²) >= 11 is 2.05. The summed E-state index contributed by atoms with van der Waals surface area (Å²) in [5.41, 5.74) is 4.26. The average Bonchev–Trinajstić information content (AvgIpc) is 2.32. The fourth-order valence-corrected chi connectivity index (χ4v) is 2.92. The molecule has 1 aromatic rings. The highest BCUT2D eigenvalue weighted by molar-refractivity contribution is 7.99. The molecule has 0 radical (unpaired) electrons. The molecule has 0 spiro atoms. The quantitative estimate of drug-likeness (QED) is 0.743. The molecule has 1 N–H and O–H groups in total. The van der Waals surface area contributed by atoms with Gasteiger partial charge in [-0.15, -0.1) is 0 Å². The monoisotopic (exact) mass is 251 g/mol. The highest BCUT2D eigenvalue weighted by Gasteiger charge is 2.09. The maximum atomic E-state index is 3.44. The molecular formula is C15H25NS. The van der Waals surface area contributed by atoms with Crippen LogP contribution in [-0.2, 0) is 6.42 Å². The van der Waals surface area contributed by atoms with E-state index in [2.05, 4.69) is 63.1 Å². The molecule has 0 aliphatic rings. The van der Waals surface area contributed by atoms with Crippen LogP contribution in [0.3, 0.4) is 0 Å². The fourth-order valence-electron chi connectivity index (χ4n) is 1.90. The van der Waals surface area contributed by atoms with Crippen LogP contribution >= 0.6 is 11.8 Å². The molecule has 1 atom stereocenters. The lowest BCUT2D eigenvalue weighted by molar-refractivity contribution is 0.615. The Bertz CT molecular complexity index is 336. The Kier molecular flexibility index (Phi) is 6.68. The van der Waals surface area contributed by atoms with Crippen LogP contribution in [0.4, 0.5) is 0 Å². The number of aryl methyl sites for hydroxylation is 2. The minimum absolute atomic E-state index is 0.590. The van der Waals surface area contributed by atoms with Crippen LogP contribution in [0, 0.1) is 13.8 Å². The number of nitrogens with one attached hydrogen (secondary N) is 1. The van der Waals surface area contributed by atoms with Gasteiger partial charge in [0.1, 0.15) is 0 Å². The summed E-state index contributed by atoms with van der Waals surface area (Å²) < 4.78 is 0. The zero-order chi connectivity index (χ0) is 12.7. The van der Waals surface area contributed by atoms with Gasteiger partial charge in [-0.3, -0.25) is 0 Å². The first-order valence-corrected chi connectivity index (χ1v) is 7.64. The smallest absolute Gasteiger partial charge is 0.0195 e. The lowest BCUT2D eigenvalue weighted by atomic mass is 10.00. The minimum Gasteiger partial charge on any atom is -0.316 e. The van der Waals surface area contributed by atoms with Crippen LogP contribution < -0.4 is 5.32 Å². The van der Waals surface area contributed by atoms with Crippen molar-refractivity contribution in [1.29, 1.82) is 0 Å². The van der Waals surface area contributed by atoms with E-state index in [0.717, 1.165) is 6.42 Å². The first kappa shape index (κ1) is 14.6. The maximum Gasteiger partial charge on any atom is 0.0195 e. The van der Waals surface area contributed by atoms with Crippen LogP contribution in [0.1, 0.15) is 30.0 Å². The SMILES string of the molecule is CCCSCC(Cc1cc(C)ccc1C)NC. The van der Waals surface area contributed by atoms with Crippen molar-refractivity contribution in [3.05, 3.63) is 34.9 Å². The van der Waals surface area contributed by atoms with Gasteiger partial charge >= 0.3 is 0 Å². The van der Waals surface area contributed by atoms with Gasteiger partial charge in [-0.25, -0.2) is 0 Å². The highest BCUT2D eigenvalue weighted by atomic mass is 32.2. The van der Waals surface area contributed by atoms with Gasteiger partial charge in [0.25, 0.3) is 0 Å². The molecular weight excluding hydrogens is 226 g/mol. The predicted octanol–water partition coefficient (Wildman–Crippen LogP) is 3.58. The summed E-state index contributed by atoms with van der Waals surface area (Å²) in [6, 6.07) is 7.34. The van der Waals surface area contributed by atoms with E-state index < -0.39 is 0 Å². The minimum atomic E-state index is 0.590. The topological polar surface area (TPSA) is 12.0 Å². The van der Waals surface area contributed by atoms with Gasteiger partial charge in [-0.2, -0.15) is 11.8 Å². The van der Waals surface area contributed by atoms with Crippen LogP contribution in [0.2, 0.25) is 0 Å². The van der Waals surface area contributed by atoms with Crippen LogP contribution in [0.25, 0.3) is 0 Å². The van der Waals surface area contributed by atoms with E-state index in [4.69, 9.17) is 0 Å². The molecule has 1 nitrogen and oxygen atoms in total. The molecule has 0 heterocycles. The molecule has 2 heteroatoms. The van der Waals surface area contributed by atoms with Crippen LogP contribution in [0.15, 0.2) is 18.2 Å². The summed E-state index contributed by atoms with van der Waals surface area (Å²) in [6.45, 7) is 6.62. The molecule has 1 unspecified atom stereocenters. The summed E-state index contributed by atoms with van der Waals surface area (Å²) in [4.78, 5) is 0. The second kappa shape index (κ2) is 7.78. The zero-order valence-corrected chi connectivity index (χ0v) is 12.4. The third-order valence-electron chi connectivity index (χ3n) is 3.05. The highest BCUT2D eigenvalue weighted by Crippen LogP contribution is 2.15. The lowest BCUT2D eigenvalue weighted by Gasteiger charge is -2.17. The number of rotatable bonds is 7. The average molecular weight is 251 g/mol. The molecule has 1 rings (SSSR count). The van der Waals surface area contributed by atoms with Gasteiger partial charge in [0, 0.05) is 11.8 Å². The van der Waals surface area contributed by atoms with Crippen LogP contribution in [0.5, 0.6) is 0 Å². The molecule has 17 heavy (non-hydrogen) atoms.